The maximum Gasteiger partial charge on any atom is 0.416 e. The Bertz CT molecular complexity index is 837. The third-order valence-electron chi connectivity index (χ3n) is 4.60. The first kappa shape index (κ1) is 19.9. The Kier molecular flexibility index (Phi) is 6.04. The van der Waals surface area contributed by atoms with Crippen LogP contribution in [0.1, 0.15) is 16.7 Å². The average Bonchev–Trinajstić information content (AvgIpc) is 2.68. The average molecular weight is 390 g/mol. The van der Waals surface area contributed by atoms with E-state index in [0.717, 1.165) is 36.5 Å². The minimum absolute atomic E-state index is 0.305. The first-order valence-electron chi connectivity index (χ1n) is 8.92. The van der Waals surface area contributed by atoms with Crippen molar-refractivity contribution in [3.8, 4) is 0 Å². The topological polar surface area (TPSA) is 55.6 Å². The molecule has 0 atom stereocenters. The van der Waals surface area contributed by atoms with Crippen LogP contribution in [0.3, 0.4) is 0 Å². The van der Waals surface area contributed by atoms with Crippen molar-refractivity contribution in [2.75, 3.05) is 31.2 Å². The van der Waals surface area contributed by atoms with Gasteiger partial charge < -0.3 is 15.4 Å². The lowest BCUT2D eigenvalue weighted by Crippen LogP contribution is -2.36. The molecule has 1 amide bonds. The molecule has 0 aromatic heterocycles. The van der Waals surface area contributed by atoms with Crippen molar-refractivity contribution in [2.24, 2.45) is 5.73 Å². The van der Waals surface area contributed by atoms with E-state index in [1.807, 2.05) is 24.3 Å². The number of rotatable bonds is 5. The highest BCUT2D eigenvalue weighted by molar-refractivity contribution is 5.97. The molecule has 1 fully saturated rings. The summed E-state index contributed by atoms with van der Waals surface area (Å²) >= 11 is 0. The number of anilines is 1. The van der Waals surface area contributed by atoms with E-state index in [1.165, 1.54) is 18.2 Å². The highest BCUT2D eigenvalue weighted by atomic mass is 19.4. The standard InChI is InChI=1S/C21H21F3N2O2/c22-21(23,24)18-5-1-15(2-6-18)13-17(20(25)27)14-16-3-7-19(8-4-16)26-9-11-28-12-10-26/h1-8,13H,9-12,14H2,(H2,25,27). The summed E-state index contributed by atoms with van der Waals surface area (Å²) in [6.07, 6.45) is -2.56. The second kappa shape index (κ2) is 8.48. The van der Waals surface area contributed by atoms with E-state index < -0.39 is 17.6 Å². The molecule has 0 spiro atoms. The summed E-state index contributed by atoms with van der Waals surface area (Å²) in [5.74, 6) is -0.600. The van der Waals surface area contributed by atoms with Crippen LogP contribution in [0.5, 0.6) is 0 Å². The van der Waals surface area contributed by atoms with Gasteiger partial charge in [0.1, 0.15) is 0 Å². The molecule has 2 aromatic rings. The zero-order valence-electron chi connectivity index (χ0n) is 15.2. The largest absolute Gasteiger partial charge is 0.416 e. The molecule has 1 aliphatic rings. The lowest BCUT2D eigenvalue weighted by molar-refractivity contribution is -0.137. The molecule has 148 valence electrons. The van der Waals surface area contributed by atoms with Crippen LogP contribution in [0.25, 0.3) is 6.08 Å². The van der Waals surface area contributed by atoms with E-state index in [1.54, 1.807) is 0 Å². The molecule has 4 nitrogen and oxygen atoms in total. The molecule has 0 bridgehead atoms. The van der Waals surface area contributed by atoms with Crippen molar-refractivity contribution in [2.45, 2.75) is 12.6 Å². The van der Waals surface area contributed by atoms with Crippen molar-refractivity contribution in [3.63, 3.8) is 0 Å². The molecule has 1 aliphatic heterocycles. The number of primary amides is 1. The lowest BCUT2D eigenvalue weighted by Gasteiger charge is -2.28. The van der Waals surface area contributed by atoms with Gasteiger partial charge in [-0.15, -0.1) is 0 Å². The molecule has 0 aliphatic carbocycles. The SMILES string of the molecule is NC(=O)C(=Cc1ccc(C(F)(F)F)cc1)Cc1ccc(N2CCOCC2)cc1. The summed E-state index contributed by atoms with van der Waals surface area (Å²) in [6.45, 7) is 3.06. The third kappa shape index (κ3) is 5.13. The highest BCUT2D eigenvalue weighted by Crippen LogP contribution is 2.29. The van der Waals surface area contributed by atoms with Gasteiger partial charge in [-0.2, -0.15) is 13.2 Å². The van der Waals surface area contributed by atoms with Crippen molar-refractivity contribution in [3.05, 3.63) is 70.8 Å². The number of hydrogen-bond acceptors (Lipinski definition) is 3. The summed E-state index contributed by atoms with van der Waals surface area (Å²) in [4.78, 5) is 14.0. The fraction of sp³-hybridized carbons (Fsp3) is 0.286. The van der Waals surface area contributed by atoms with Gasteiger partial charge in [0, 0.05) is 30.8 Å². The summed E-state index contributed by atoms with van der Waals surface area (Å²) in [7, 11) is 0. The molecular formula is C21H21F3N2O2. The second-order valence-electron chi connectivity index (χ2n) is 6.60. The van der Waals surface area contributed by atoms with Crippen molar-refractivity contribution in [1.29, 1.82) is 0 Å². The maximum atomic E-state index is 12.7. The number of ether oxygens (including phenoxy) is 1. The summed E-state index contributed by atoms with van der Waals surface area (Å²) in [5.41, 5.74) is 7.54. The first-order chi connectivity index (χ1) is 13.3. The Morgan fingerprint density at radius 1 is 1.04 bits per heavy atom. The minimum atomic E-state index is -4.39. The van der Waals surface area contributed by atoms with E-state index >= 15 is 0 Å². The molecule has 0 unspecified atom stereocenters. The molecule has 1 heterocycles. The molecule has 0 radical (unpaired) electrons. The molecule has 2 aromatic carbocycles. The Hall–Kier alpha value is -2.80. The van der Waals surface area contributed by atoms with Gasteiger partial charge in [0.05, 0.1) is 18.8 Å². The Balaban J connectivity index is 1.74. The molecular weight excluding hydrogens is 369 g/mol. The summed E-state index contributed by atoms with van der Waals surface area (Å²) in [6, 6.07) is 12.4. The lowest BCUT2D eigenvalue weighted by atomic mass is 10.0. The van der Waals surface area contributed by atoms with Gasteiger partial charge in [-0.3, -0.25) is 4.79 Å². The van der Waals surface area contributed by atoms with Crippen LogP contribution in [0, 0.1) is 0 Å². The van der Waals surface area contributed by atoms with Crippen LogP contribution >= 0.6 is 0 Å². The smallest absolute Gasteiger partial charge is 0.378 e. The number of alkyl halides is 3. The monoisotopic (exact) mass is 390 g/mol. The van der Waals surface area contributed by atoms with Crippen molar-refractivity contribution < 1.29 is 22.7 Å². The van der Waals surface area contributed by atoms with Crippen LogP contribution in [0.4, 0.5) is 18.9 Å². The first-order valence-corrected chi connectivity index (χ1v) is 8.92. The molecule has 2 N–H and O–H groups in total. The van der Waals surface area contributed by atoms with Crippen LogP contribution < -0.4 is 10.6 Å². The van der Waals surface area contributed by atoms with Gasteiger partial charge in [-0.1, -0.05) is 24.3 Å². The van der Waals surface area contributed by atoms with Gasteiger partial charge in [0.15, 0.2) is 0 Å². The van der Waals surface area contributed by atoms with E-state index in [4.69, 9.17) is 10.5 Å². The van der Waals surface area contributed by atoms with E-state index in [9.17, 15) is 18.0 Å². The quantitative estimate of drug-likeness (QED) is 0.793. The predicted octanol–water partition coefficient (Wildman–Crippen LogP) is 3.65. The van der Waals surface area contributed by atoms with E-state index in [-0.39, 0.29) is 0 Å². The Labute approximate surface area is 161 Å². The van der Waals surface area contributed by atoms with Crippen LogP contribution in [-0.4, -0.2) is 32.2 Å². The minimum Gasteiger partial charge on any atom is -0.378 e. The number of amides is 1. The molecule has 3 rings (SSSR count). The Morgan fingerprint density at radius 3 is 2.18 bits per heavy atom. The van der Waals surface area contributed by atoms with Crippen LogP contribution in [-0.2, 0) is 22.1 Å². The van der Waals surface area contributed by atoms with Gasteiger partial charge in [-0.25, -0.2) is 0 Å². The van der Waals surface area contributed by atoms with Gasteiger partial charge in [-0.05, 0) is 41.5 Å². The van der Waals surface area contributed by atoms with Crippen molar-refractivity contribution >= 4 is 17.7 Å². The van der Waals surface area contributed by atoms with Gasteiger partial charge >= 0.3 is 6.18 Å². The van der Waals surface area contributed by atoms with Gasteiger partial charge in [0.2, 0.25) is 5.91 Å². The fourth-order valence-corrected chi connectivity index (χ4v) is 3.04. The number of halogens is 3. The maximum absolute atomic E-state index is 12.7. The normalized spacial score (nSPS) is 15.5. The highest BCUT2D eigenvalue weighted by Gasteiger charge is 2.29. The Morgan fingerprint density at radius 2 is 1.64 bits per heavy atom. The van der Waals surface area contributed by atoms with E-state index in [2.05, 4.69) is 4.90 Å². The third-order valence-corrected chi connectivity index (χ3v) is 4.60. The van der Waals surface area contributed by atoms with E-state index in [0.29, 0.717) is 30.8 Å². The number of nitrogens with zero attached hydrogens (tertiary/aromatic N) is 1. The second-order valence-corrected chi connectivity index (χ2v) is 6.60. The molecule has 0 saturated carbocycles. The number of hydrogen-bond donors (Lipinski definition) is 1. The number of benzene rings is 2. The van der Waals surface area contributed by atoms with Crippen molar-refractivity contribution in [1.82, 2.24) is 0 Å². The number of carbonyl (C=O) groups excluding carboxylic acids is 1. The number of nitrogens with two attached hydrogens (primary N) is 1. The van der Waals surface area contributed by atoms with Gasteiger partial charge in [0.25, 0.3) is 0 Å². The zero-order valence-corrected chi connectivity index (χ0v) is 15.2. The summed E-state index contributed by atoms with van der Waals surface area (Å²) in [5, 5.41) is 0. The molecule has 28 heavy (non-hydrogen) atoms. The van der Waals surface area contributed by atoms with Crippen LogP contribution in [0.15, 0.2) is 54.1 Å². The molecule has 1 saturated heterocycles. The zero-order chi connectivity index (χ0) is 20.1. The number of carbonyl (C=O) groups is 1. The fourth-order valence-electron chi connectivity index (χ4n) is 3.04. The predicted molar refractivity (Wildman–Crippen MR) is 102 cm³/mol. The molecule has 7 heteroatoms. The van der Waals surface area contributed by atoms with Crippen LogP contribution in [0.2, 0.25) is 0 Å². The summed E-state index contributed by atoms with van der Waals surface area (Å²) < 4.78 is 43.3. The number of morpholine rings is 1.